The van der Waals surface area contributed by atoms with Crippen LogP contribution >= 0.6 is 22.9 Å². The summed E-state index contributed by atoms with van der Waals surface area (Å²) in [5, 5.41) is 1.65. The van der Waals surface area contributed by atoms with Gasteiger partial charge in [0.05, 0.1) is 5.88 Å². The van der Waals surface area contributed by atoms with Gasteiger partial charge in [-0.3, -0.25) is 4.79 Å². The van der Waals surface area contributed by atoms with Gasteiger partial charge in [0, 0.05) is 10.9 Å². The number of carbonyl (C=O) groups is 1. The van der Waals surface area contributed by atoms with Gasteiger partial charge in [-0.2, -0.15) is 0 Å². The summed E-state index contributed by atoms with van der Waals surface area (Å²) in [6.07, 6.45) is 0. The summed E-state index contributed by atoms with van der Waals surface area (Å²) in [7, 11) is 0. The molecule has 7 heteroatoms. The minimum Gasteiger partial charge on any atom is -0.291 e. The molecule has 1 heterocycles. The van der Waals surface area contributed by atoms with E-state index in [0.717, 1.165) is 23.5 Å². The number of carbonyl (C=O) groups excluding carboxylic acids is 1. The number of Topliss-reactive ketones (excluding diaryl/α,β-unsaturated/α-hetero) is 1. The van der Waals surface area contributed by atoms with Crippen molar-refractivity contribution in [2.45, 2.75) is 0 Å². The number of thiazole rings is 1. The van der Waals surface area contributed by atoms with Crippen molar-refractivity contribution >= 4 is 28.7 Å². The monoisotopic (exact) mass is 291 g/mol. The Balaban J connectivity index is 2.43. The first-order valence-corrected chi connectivity index (χ1v) is 6.14. The fourth-order valence-corrected chi connectivity index (χ4v) is 2.23. The molecular formula is C11H5ClF3NOS. The number of benzene rings is 1. The second-order valence-electron chi connectivity index (χ2n) is 3.35. The SMILES string of the molecule is O=C(CCl)c1csc(-c2cc(F)c(F)c(F)c2)n1. The molecule has 0 fully saturated rings. The average molecular weight is 292 g/mol. The normalized spacial score (nSPS) is 10.7. The van der Waals surface area contributed by atoms with E-state index < -0.39 is 17.5 Å². The molecule has 2 nitrogen and oxygen atoms in total. The molecule has 0 atom stereocenters. The predicted molar refractivity (Wildman–Crippen MR) is 62.5 cm³/mol. The zero-order chi connectivity index (χ0) is 13.3. The van der Waals surface area contributed by atoms with Gasteiger partial charge in [0.1, 0.15) is 10.7 Å². The molecule has 0 saturated heterocycles. The molecule has 0 radical (unpaired) electrons. The molecular weight excluding hydrogens is 287 g/mol. The number of hydrogen-bond acceptors (Lipinski definition) is 3. The number of alkyl halides is 1. The van der Waals surface area contributed by atoms with Gasteiger partial charge in [0.2, 0.25) is 0 Å². The van der Waals surface area contributed by atoms with Crippen LogP contribution in [-0.2, 0) is 0 Å². The molecule has 0 bridgehead atoms. The van der Waals surface area contributed by atoms with Crippen LogP contribution in [0.1, 0.15) is 10.5 Å². The van der Waals surface area contributed by atoms with Crippen molar-refractivity contribution in [1.29, 1.82) is 0 Å². The van der Waals surface area contributed by atoms with E-state index in [1.54, 1.807) is 0 Å². The Kier molecular flexibility index (Phi) is 3.68. The molecule has 1 aromatic heterocycles. The Labute approximate surface area is 109 Å². The smallest absolute Gasteiger partial charge is 0.196 e. The molecule has 0 N–H and O–H groups in total. The Morgan fingerprint density at radius 1 is 1.28 bits per heavy atom. The van der Waals surface area contributed by atoms with Gasteiger partial charge in [-0.05, 0) is 12.1 Å². The maximum atomic E-state index is 13.0. The summed E-state index contributed by atoms with van der Waals surface area (Å²) in [4.78, 5) is 15.1. The van der Waals surface area contributed by atoms with Crippen molar-refractivity contribution in [2.24, 2.45) is 0 Å². The van der Waals surface area contributed by atoms with Crippen LogP contribution in [0.25, 0.3) is 10.6 Å². The molecule has 1 aromatic carbocycles. The molecule has 2 rings (SSSR count). The molecule has 0 spiro atoms. The molecule has 0 unspecified atom stereocenters. The van der Waals surface area contributed by atoms with Gasteiger partial charge >= 0.3 is 0 Å². The van der Waals surface area contributed by atoms with Crippen LogP contribution in [0.15, 0.2) is 17.5 Å². The van der Waals surface area contributed by atoms with Gasteiger partial charge < -0.3 is 0 Å². The highest BCUT2D eigenvalue weighted by Gasteiger charge is 2.15. The first-order chi connectivity index (χ1) is 8.52. The van der Waals surface area contributed by atoms with E-state index in [2.05, 4.69) is 4.98 Å². The summed E-state index contributed by atoms with van der Waals surface area (Å²) >= 11 is 6.38. The summed E-state index contributed by atoms with van der Waals surface area (Å²) in [5.74, 6) is -4.75. The predicted octanol–water partition coefficient (Wildman–Crippen LogP) is 3.65. The van der Waals surface area contributed by atoms with Crippen molar-refractivity contribution in [3.63, 3.8) is 0 Å². The molecule has 0 aliphatic heterocycles. The molecule has 0 aliphatic carbocycles. The average Bonchev–Trinajstić information content (AvgIpc) is 2.84. The lowest BCUT2D eigenvalue weighted by Crippen LogP contribution is -2.00. The van der Waals surface area contributed by atoms with Crippen molar-refractivity contribution in [3.8, 4) is 10.6 Å². The largest absolute Gasteiger partial charge is 0.291 e. The van der Waals surface area contributed by atoms with Crippen LogP contribution in [0.4, 0.5) is 13.2 Å². The Morgan fingerprint density at radius 2 is 1.89 bits per heavy atom. The number of ketones is 1. The van der Waals surface area contributed by atoms with Crippen molar-refractivity contribution in [1.82, 2.24) is 4.98 Å². The van der Waals surface area contributed by atoms with Gasteiger partial charge in [-0.1, -0.05) is 0 Å². The number of rotatable bonds is 3. The van der Waals surface area contributed by atoms with E-state index in [0.29, 0.717) is 0 Å². The van der Waals surface area contributed by atoms with Crippen molar-refractivity contribution < 1.29 is 18.0 Å². The van der Waals surface area contributed by atoms with E-state index in [4.69, 9.17) is 11.6 Å². The third-order valence-corrected chi connectivity index (χ3v) is 3.28. The summed E-state index contributed by atoms with van der Waals surface area (Å²) < 4.78 is 38.8. The summed E-state index contributed by atoms with van der Waals surface area (Å²) in [6, 6.07) is 1.65. The van der Waals surface area contributed by atoms with Crippen LogP contribution in [0.5, 0.6) is 0 Å². The molecule has 18 heavy (non-hydrogen) atoms. The van der Waals surface area contributed by atoms with Gasteiger partial charge in [-0.15, -0.1) is 22.9 Å². The zero-order valence-electron chi connectivity index (χ0n) is 8.71. The van der Waals surface area contributed by atoms with E-state index in [1.807, 2.05) is 0 Å². The van der Waals surface area contributed by atoms with Crippen LogP contribution in [0.3, 0.4) is 0 Å². The Hall–Kier alpha value is -1.40. The van der Waals surface area contributed by atoms with Gasteiger partial charge in [0.15, 0.2) is 23.2 Å². The van der Waals surface area contributed by atoms with Crippen molar-refractivity contribution in [3.05, 3.63) is 40.7 Å². The Morgan fingerprint density at radius 3 is 2.44 bits per heavy atom. The third kappa shape index (κ3) is 2.39. The maximum absolute atomic E-state index is 13.0. The zero-order valence-corrected chi connectivity index (χ0v) is 10.3. The van der Waals surface area contributed by atoms with E-state index in [1.165, 1.54) is 5.38 Å². The topological polar surface area (TPSA) is 30.0 Å². The molecule has 0 aliphatic rings. The van der Waals surface area contributed by atoms with Crippen molar-refractivity contribution in [2.75, 3.05) is 5.88 Å². The lowest BCUT2D eigenvalue weighted by atomic mass is 10.2. The minimum atomic E-state index is -1.53. The van der Waals surface area contributed by atoms with E-state index in [9.17, 15) is 18.0 Å². The minimum absolute atomic E-state index is 0.0741. The Bertz CT molecular complexity index is 591. The lowest BCUT2D eigenvalue weighted by Gasteiger charge is -1.99. The van der Waals surface area contributed by atoms with Crippen LogP contribution < -0.4 is 0 Å². The highest BCUT2D eigenvalue weighted by Crippen LogP contribution is 2.27. The van der Waals surface area contributed by atoms with Gasteiger partial charge in [-0.25, -0.2) is 18.2 Å². The van der Waals surface area contributed by atoms with E-state index in [-0.39, 0.29) is 27.9 Å². The second-order valence-corrected chi connectivity index (χ2v) is 4.47. The number of hydrogen-bond donors (Lipinski definition) is 0. The fraction of sp³-hybridized carbons (Fsp3) is 0.0909. The highest BCUT2D eigenvalue weighted by molar-refractivity contribution is 7.13. The molecule has 2 aromatic rings. The van der Waals surface area contributed by atoms with Crippen LogP contribution in [0, 0.1) is 17.5 Å². The fourth-order valence-electron chi connectivity index (χ4n) is 1.28. The van der Waals surface area contributed by atoms with Crippen LogP contribution in [-0.4, -0.2) is 16.6 Å². The highest BCUT2D eigenvalue weighted by atomic mass is 35.5. The lowest BCUT2D eigenvalue weighted by molar-refractivity contribution is 0.101. The summed E-state index contributed by atoms with van der Waals surface area (Å²) in [6.45, 7) is 0. The quantitative estimate of drug-likeness (QED) is 0.491. The maximum Gasteiger partial charge on any atom is 0.196 e. The molecule has 94 valence electrons. The number of aromatic nitrogens is 1. The molecule has 0 amide bonds. The van der Waals surface area contributed by atoms with Crippen LogP contribution in [0.2, 0.25) is 0 Å². The second kappa shape index (κ2) is 5.07. The number of halogens is 4. The standard InChI is InChI=1S/C11H5ClF3NOS/c12-3-9(17)8-4-18-11(16-8)5-1-6(13)10(15)7(14)2-5/h1-2,4H,3H2. The third-order valence-electron chi connectivity index (χ3n) is 2.14. The first kappa shape index (κ1) is 13.0. The van der Waals surface area contributed by atoms with E-state index >= 15 is 0 Å². The van der Waals surface area contributed by atoms with Gasteiger partial charge in [0.25, 0.3) is 0 Å². The first-order valence-electron chi connectivity index (χ1n) is 4.72. The summed E-state index contributed by atoms with van der Waals surface area (Å²) in [5.41, 5.74) is 0.195. The molecule has 0 saturated carbocycles. The number of nitrogens with zero attached hydrogens (tertiary/aromatic N) is 1.